The summed E-state index contributed by atoms with van der Waals surface area (Å²) in [5.74, 6) is 0.164. The first kappa shape index (κ1) is 19.8. The second-order valence-corrected chi connectivity index (χ2v) is 10.5. The van der Waals surface area contributed by atoms with Crippen molar-refractivity contribution < 1.29 is 21.3 Å². The van der Waals surface area contributed by atoms with Gasteiger partial charge < -0.3 is 4.42 Å². The van der Waals surface area contributed by atoms with Crippen molar-refractivity contribution in [3.8, 4) is 0 Å². The lowest BCUT2D eigenvalue weighted by Crippen LogP contribution is -2.31. The minimum atomic E-state index is -3.88. The normalized spacial score (nSPS) is 13.4. The third-order valence-electron chi connectivity index (χ3n) is 3.89. The lowest BCUT2D eigenvalue weighted by molar-refractivity contribution is 0.486. The molecule has 3 aromatic rings. The molecule has 9 heteroatoms. The van der Waals surface area contributed by atoms with E-state index in [4.69, 9.17) is 4.42 Å². The van der Waals surface area contributed by atoms with E-state index in [-0.39, 0.29) is 22.1 Å². The molecule has 0 aliphatic carbocycles. The lowest BCUT2D eigenvalue weighted by atomic mass is 10.3. The van der Waals surface area contributed by atoms with Crippen LogP contribution >= 0.6 is 15.9 Å². The number of halogens is 1. The molecule has 0 amide bonds. The Morgan fingerprint density at radius 1 is 0.852 bits per heavy atom. The van der Waals surface area contributed by atoms with E-state index in [1.807, 2.05) is 0 Å². The highest BCUT2D eigenvalue weighted by Crippen LogP contribution is 2.29. The van der Waals surface area contributed by atoms with Crippen LogP contribution in [0.5, 0.6) is 0 Å². The van der Waals surface area contributed by atoms with Gasteiger partial charge in [0.15, 0.2) is 9.84 Å². The molecule has 1 heterocycles. The Morgan fingerprint density at radius 3 is 2.11 bits per heavy atom. The maximum Gasteiger partial charge on any atom is 0.240 e. The van der Waals surface area contributed by atoms with E-state index in [1.54, 1.807) is 36.4 Å². The zero-order valence-electron chi connectivity index (χ0n) is 13.9. The van der Waals surface area contributed by atoms with E-state index >= 15 is 0 Å². The molecule has 0 fully saturated rings. The van der Waals surface area contributed by atoms with Crippen molar-refractivity contribution in [2.75, 3.05) is 6.54 Å². The van der Waals surface area contributed by atoms with Crippen LogP contribution in [0.1, 0.15) is 11.0 Å². The molecule has 1 atom stereocenters. The van der Waals surface area contributed by atoms with Crippen LogP contribution in [0.4, 0.5) is 0 Å². The van der Waals surface area contributed by atoms with Crippen molar-refractivity contribution in [1.29, 1.82) is 0 Å². The van der Waals surface area contributed by atoms with E-state index in [2.05, 4.69) is 20.7 Å². The molecule has 0 bridgehead atoms. The number of hydrogen-bond donors (Lipinski definition) is 1. The maximum atomic E-state index is 13.0. The Kier molecular flexibility index (Phi) is 5.85. The Labute approximate surface area is 166 Å². The fourth-order valence-electron chi connectivity index (χ4n) is 2.49. The number of hydrogen-bond acceptors (Lipinski definition) is 5. The summed E-state index contributed by atoms with van der Waals surface area (Å²) in [6, 6.07) is 17.0. The van der Waals surface area contributed by atoms with Crippen LogP contribution in [0.2, 0.25) is 0 Å². The molecule has 0 radical (unpaired) electrons. The van der Waals surface area contributed by atoms with Gasteiger partial charge in [-0.15, -0.1) is 0 Å². The number of benzene rings is 2. The maximum absolute atomic E-state index is 13.0. The summed E-state index contributed by atoms with van der Waals surface area (Å²) in [5.41, 5.74) is 0. The molecule has 3 rings (SSSR count). The SMILES string of the molecule is O=S(=O)(NC[C@H](c1ccco1)S(=O)(=O)c1ccccc1)c1ccc(Br)cc1. The predicted octanol–water partition coefficient (Wildman–Crippen LogP) is 3.54. The van der Waals surface area contributed by atoms with Crippen molar-refractivity contribution in [3.05, 3.63) is 83.2 Å². The Bertz CT molecular complexity index is 1090. The van der Waals surface area contributed by atoms with Crippen molar-refractivity contribution in [3.63, 3.8) is 0 Å². The molecule has 1 N–H and O–H groups in total. The molecule has 0 aliphatic rings. The molecule has 0 saturated heterocycles. The van der Waals surface area contributed by atoms with Crippen LogP contribution in [0.15, 0.2) is 91.7 Å². The minimum Gasteiger partial charge on any atom is -0.468 e. The molecule has 0 aliphatic heterocycles. The van der Waals surface area contributed by atoms with Crippen LogP contribution < -0.4 is 4.72 Å². The van der Waals surface area contributed by atoms with Crippen LogP contribution in [-0.4, -0.2) is 23.4 Å². The average molecular weight is 470 g/mol. The van der Waals surface area contributed by atoms with Gasteiger partial charge in [0.05, 0.1) is 16.1 Å². The Hall–Kier alpha value is -1.94. The third-order valence-corrected chi connectivity index (χ3v) is 7.93. The molecule has 142 valence electrons. The first-order valence-electron chi connectivity index (χ1n) is 7.88. The number of nitrogens with one attached hydrogen (secondary N) is 1. The molecule has 0 unspecified atom stereocenters. The molecule has 0 saturated carbocycles. The number of sulfone groups is 1. The monoisotopic (exact) mass is 469 g/mol. The van der Waals surface area contributed by atoms with Crippen LogP contribution in [-0.2, 0) is 19.9 Å². The summed E-state index contributed by atoms with van der Waals surface area (Å²) < 4.78 is 59.5. The molecule has 0 spiro atoms. The highest BCUT2D eigenvalue weighted by molar-refractivity contribution is 9.10. The van der Waals surface area contributed by atoms with Gasteiger partial charge in [0.1, 0.15) is 11.0 Å². The number of rotatable bonds is 7. The first-order valence-corrected chi connectivity index (χ1v) is 11.7. The zero-order valence-corrected chi connectivity index (χ0v) is 17.2. The van der Waals surface area contributed by atoms with Gasteiger partial charge in [-0.3, -0.25) is 0 Å². The van der Waals surface area contributed by atoms with Gasteiger partial charge in [-0.25, -0.2) is 21.6 Å². The number of sulfonamides is 1. The van der Waals surface area contributed by atoms with Crippen LogP contribution in [0.3, 0.4) is 0 Å². The summed E-state index contributed by atoms with van der Waals surface area (Å²) in [5, 5.41) is -1.19. The smallest absolute Gasteiger partial charge is 0.240 e. The second kappa shape index (κ2) is 7.97. The second-order valence-electron chi connectivity index (χ2n) is 5.67. The number of furan rings is 1. The predicted molar refractivity (Wildman–Crippen MR) is 104 cm³/mol. The average Bonchev–Trinajstić information content (AvgIpc) is 3.17. The molecule has 1 aromatic heterocycles. The summed E-state index contributed by atoms with van der Waals surface area (Å²) in [4.78, 5) is 0.134. The van der Waals surface area contributed by atoms with Crippen molar-refractivity contribution in [1.82, 2.24) is 4.72 Å². The largest absolute Gasteiger partial charge is 0.468 e. The summed E-state index contributed by atoms with van der Waals surface area (Å²) >= 11 is 3.25. The summed E-state index contributed by atoms with van der Waals surface area (Å²) in [6.45, 7) is -0.358. The van der Waals surface area contributed by atoms with Gasteiger partial charge in [-0.05, 0) is 48.5 Å². The van der Waals surface area contributed by atoms with Gasteiger partial charge in [0, 0.05) is 11.0 Å². The Morgan fingerprint density at radius 2 is 1.52 bits per heavy atom. The van der Waals surface area contributed by atoms with E-state index in [0.29, 0.717) is 0 Å². The summed E-state index contributed by atoms with van der Waals surface area (Å²) in [7, 11) is -7.75. The molecule has 2 aromatic carbocycles. The molecular weight excluding hydrogens is 454 g/mol. The van der Waals surface area contributed by atoms with Gasteiger partial charge >= 0.3 is 0 Å². The van der Waals surface area contributed by atoms with E-state index in [0.717, 1.165) is 4.47 Å². The lowest BCUT2D eigenvalue weighted by Gasteiger charge is -2.17. The standard InChI is InChI=1S/C18H16BrNO5S2/c19-14-8-10-16(11-9-14)27(23,24)20-13-18(17-7-4-12-25-17)26(21,22)15-5-2-1-3-6-15/h1-12,18,20H,13H2/t18-/m1/s1. The van der Waals surface area contributed by atoms with Gasteiger partial charge in [-0.1, -0.05) is 34.1 Å². The van der Waals surface area contributed by atoms with Gasteiger partial charge in [0.25, 0.3) is 0 Å². The van der Waals surface area contributed by atoms with Crippen molar-refractivity contribution in [2.24, 2.45) is 0 Å². The topological polar surface area (TPSA) is 93.4 Å². The van der Waals surface area contributed by atoms with Crippen LogP contribution in [0.25, 0.3) is 0 Å². The van der Waals surface area contributed by atoms with Gasteiger partial charge in [-0.2, -0.15) is 0 Å². The highest BCUT2D eigenvalue weighted by atomic mass is 79.9. The van der Waals surface area contributed by atoms with E-state index < -0.39 is 25.1 Å². The molecule has 27 heavy (non-hydrogen) atoms. The van der Waals surface area contributed by atoms with Crippen molar-refractivity contribution in [2.45, 2.75) is 15.0 Å². The molecule has 6 nitrogen and oxygen atoms in total. The fraction of sp³-hybridized carbons (Fsp3) is 0.111. The fourth-order valence-corrected chi connectivity index (χ4v) is 5.52. The Balaban J connectivity index is 1.91. The highest BCUT2D eigenvalue weighted by Gasteiger charge is 2.32. The van der Waals surface area contributed by atoms with Crippen LogP contribution in [0, 0.1) is 0 Å². The quantitative estimate of drug-likeness (QED) is 0.570. The summed E-state index contributed by atoms with van der Waals surface area (Å²) in [6.07, 6.45) is 1.35. The van der Waals surface area contributed by atoms with Gasteiger partial charge in [0.2, 0.25) is 10.0 Å². The molecular formula is C18H16BrNO5S2. The minimum absolute atomic E-state index is 0.0426. The zero-order chi connectivity index (χ0) is 19.5. The van der Waals surface area contributed by atoms with E-state index in [9.17, 15) is 16.8 Å². The van der Waals surface area contributed by atoms with E-state index in [1.165, 1.54) is 36.6 Å². The van der Waals surface area contributed by atoms with Crippen molar-refractivity contribution >= 4 is 35.8 Å². The third kappa shape index (κ3) is 4.49. The first-order chi connectivity index (χ1) is 12.8.